The first-order valence-electron chi connectivity index (χ1n) is 10.9. The fraction of sp³-hybridized carbons (Fsp3) is 0.154. The van der Waals surface area contributed by atoms with Crippen LogP contribution in [0.15, 0.2) is 76.3 Å². The summed E-state index contributed by atoms with van der Waals surface area (Å²) in [6.07, 6.45) is 1.71. The van der Waals surface area contributed by atoms with Crippen LogP contribution in [0.2, 0.25) is 0 Å². The van der Waals surface area contributed by atoms with Gasteiger partial charge in [-0.25, -0.2) is 0 Å². The Labute approximate surface area is 207 Å². The highest BCUT2D eigenvalue weighted by molar-refractivity contribution is 8.27. The number of thioether (sulfide) groups is 1. The number of rotatable bonds is 6. The molecule has 2 aliphatic heterocycles. The summed E-state index contributed by atoms with van der Waals surface area (Å²) in [7, 11) is 1.64. The molecular weight excluding hydrogens is 462 g/mol. The molecule has 1 amide bonds. The number of methoxy groups -OCH3 is 1. The molecule has 0 spiro atoms. The van der Waals surface area contributed by atoms with Gasteiger partial charge in [0.15, 0.2) is 5.84 Å². The zero-order chi connectivity index (χ0) is 24.5. The number of benzene rings is 2. The molecule has 1 aromatic heterocycles. The van der Waals surface area contributed by atoms with Crippen LogP contribution in [-0.4, -0.2) is 45.2 Å². The van der Waals surface area contributed by atoms with Gasteiger partial charge in [-0.2, -0.15) is 15.1 Å². The van der Waals surface area contributed by atoms with E-state index in [4.69, 9.17) is 14.9 Å². The maximum absolute atomic E-state index is 12.8. The third kappa shape index (κ3) is 4.38. The second-order valence-corrected chi connectivity index (χ2v) is 9.02. The van der Waals surface area contributed by atoms with Crippen molar-refractivity contribution in [3.63, 3.8) is 0 Å². The van der Waals surface area contributed by atoms with E-state index in [1.54, 1.807) is 13.2 Å². The van der Waals surface area contributed by atoms with Crippen LogP contribution in [-0.2, 0) is 4.79 Å². The van der Waals surface area contributed by atoms with Crippen LogP contribution >= 0.6 is 11.8 Å². The lowest BCUT2D eigenvalue weighted by Gasteiger charge is -2.20. The molecule has 0 atom stereocenters. The Morgan fingerprint density at radius 1 is 1.06 bits per heavy atom. The smallest absolute Gasteiger partial charge is 0.283 e. The number of nitrogens with zero attached hydrogens (tertiary/aromatic N) is 4. The van der Waals surface area contributed by atoms with Gasteiger partial charge in [0.1, 0.15) is 23.1 Å². The van der Waals surface area contributed by atoms with Crippen LogP contribution in [0.1, 0.15) is 17.0 Å². The van der Waals surface area contributed by atoms with Crippen LogP contribution < -0.4 is 9.47 Å². The minimum atomic E-state index is -0.455. The number of nitrogens with one attached hydrogen (secondary N) is 1. The average Bonchev–Trinajstić information content (AvgIpc) is 3.40. The third-order valence-electron chi connectivity index (χ3n) is 5.70. The van der Waals surface area contributed by atoms with Crippen molar-refractivity contribution in [3.05, 3.63) is 83.2 Å². The zero-order valence-electron chi connectivity index (χ0n) is 19.5. The summed E-state index contributed by atoms with van der Waals surface area (Å²) in [6, 6.07) is 19.2. The van der Waals surface area contributed by atoms with Gasteiger partial charge in [0.05, 0.1) is 12.7 Å². The summed E-state index contributed by atoms with van der Waals surface area (Å²) in [5.41, 5.74) is 3.98. The quantitative estimate of drug-likeness (QED) is 0.507. The Kier molecular flexibility index (Phi) is 6.00. The fourth-order valence-corrected chi connectivity index (χ4v) is 4.77. The predicted molar refractivity (Wildman–Crippen MR) is 139 cm³/mol. The lowest BCUT2D eigenvalue weighted by atomic mass is 10.1. The van der Waals surface area contributed by atoms with Crippen LogP contribution in [0.4, 0.5) is 0 Å². The first kappa shape index (κ1) is 22.7. The maximum Gasteiger partial charge on any atom is 0.283 e. The largest absolute Gasteiger partial charge is 0.497 e. The van der Waals surface area contributed by atoms with Crippen LogP contribution in [0.25, 0.3) is 11.8 Å². The van der Waals surface area contributed by atoms with Gasteiger partial charge in [-0.3, -0.25) is 10.2 Å². The van der Waals surface area contributed by atoms with Crippen molar-refractivity contribution in [2.45, 2.75) is 13.8 Å². The minimum Gasteiger partial charge on any atom is -0.497 e. The van der Waals surface area contributed by atoms with Gasteiger partial charge in [-0.1, -0.05) is 18.2 Å². The van der Waals surface area contributed by atoms with E-state index in [1.807, 2.05) is 74.5 Å². The van der Waals surface area contributed by atoms with Crippen LogP contribution in [0, 0.1) is 19.3 Å². The van der Waals surface area contributed by atoms with Crippen molar-refractivity contribution < 1.29 is 14.3 Å². The highest BCUT2D eigenvalue weighted by atomic mass is 32.2. The second-order valence-electron chi connectivity index (χ2n) is 7.98. The molecule has 176 valence electrons. The lowest BCUT2D eigenvalue weighted by Crippen LogP contribution is -2.35. The van der Waals surface area contributed by atoms with Crippen molar-refractivity contribution in [2.24, 2.45) is 10.1 Å². The molecule has 0 bridgehead atoms. The van der Waals surface area contributed by atoms with E-state index in [0.29, 0.717) is 10.2 Å². The maximum atomic E-state index is 12.8. The van der Waals surface area contributed by atoms with E-state index in [0.717, 1.165) is 34.1 Å². The van der Waals surface area contributed by atoms with E-state index in [2.05, 4.69) is 14.7 Å². The average molecular weight is 486 g/mol. The summed E-state index contributed by atoms with van der Waals surface area (Å²) < 4.78 is 13.1. The number of hydrogen-bond acceptors (Lipinski definition) is 6. The van der Waals surface area contributed by atoms with Crippen molar-refractivity contribution in [1.82, 2.24) is 9.58 Å². The molecule has 0 aliphatic carbocycles. The Hall–Kier alpha value is -4.11. The molecule has 0 fully saturated rings. The number of aromatic nitrogens is 1. The van der Waals surface area contributed by atoms with Crippen molar-refractivity contribution >= 4 is 39.8 Å². The highest BCUT2D eigenvalue weighted by Gasteiger charge is 2.36. The van der Waals surface area contributed by atoms with Gasteiger partial charge in [0, 0.05) is 17.1 Å². The van der Waals surface area contributed by atoms with E-state index >= 15 is 0 Å². The monoisotopic (exact) mass is 485 g/mol. The number of hydrazone groups is 1. The van der Waals surface area contributed by atoms with Gasteiger partial charge >= 0.3 is 0 Å². The standard InChI is InChI=1S/C26H23N5O3S/c1-16-13-18(17(2)30(16)19-9-11-20(33-3)12-10-19)14-22-24(27)31-26(28-25(22)32)35-23(29-31)15-34-21-7-5-4-6-8-21/h4-14,27H,15H2,1-3H3. The van der Waals surface area contributed by atoms with E-state index in [-0.39, 0.29) is 18.0 Å². The molecule has 8 nitrogen and oxygen atoms in total. The van der Waals surface area contributed by atoms with Gasteiger partial charge in [-0.15, -0.1) is 0 Å². The molecule has 9 heteroatoms. The Balaban J connectivity index is 1.40. The molecule has 5 rings (SSSR count). The second kappa shape index (κ2) is 9.27. The number of ether oxygens (including phenoxy) is 2. The first-order valence-corrected chi connectivity index (χ1v) is 11.8. The lowest BCUT2D eigenvalue weighted by molar-refractivity contribution is -0.114. The van der Waals surface area contributed by atoms with E-state index < -0.39 is 5.91 Å². The van der Waals surface area contributed by atoms with Gasteiger partial charge < -0.3 is 14.0 Å². The van der Waals surface area contributed by atoms with E-state index in [1.165, 1.54) is 16.8 Å². The third-order valence-corrected chi connectivity index (χ3v) is 6.58. The number of aliphatic imine (C=N–C) groups is 1. The first-order chi connectivity index (χ1) is 16.9. The Morgan fingerprint density at radius 2 is 1.80 bits per heavy atom. The number of hydrogen-bond donors (Lipinski definition) is 1. The predicted octanol–water partition coefficient (Wildman–Crippen LogP) is 4.80. The van der Waals surface area contributed by atoms with Crippen LogP contribution in [0.3, 0.4) is 0 Å². The summed E-state index contributed by atoms with van der Waals surface area (Å²) in [5.74, 6) is 1.05. The van der Waals surface area contributed by atoms with Gasteiger partial charge in [0.25, 0.3) is 5.91 Å². The molecule has 0 unspecified atom stereocenters. The molecule has 3 heterocycles. The number of carbonyl (C=O) groups is 1. The molecule has 2 aromatic carbocycles. The number of amides is 1. The topological polar surface area (TPSA) is 92.3 Å². The minimum absolute atomic E-state index is 0.00328. The number of amidine groups is 2. The SMILES string of the molecule is COc1ccc(-n2c(C)cc(C=C3C(=N)N4N=C(COc5ccccc5)SC4=NC3=O)c2C)cc1. The fourth-order valence-electron chi connectivity index (χ4n) is 3.97. The molecule has 0 saturated carbocycles. The molecule has 1 N–H and O–H groups in total. The summed E-state index contributed by atoms with van der Waals surface area (Å²) >= 11 is 1.24. The zero-order valence-corrected chi connectivity index (χ0v) is 20.3. The number of carbonyl (C=O) groups excluding carboxylic acids is 1. The molecule has 0 saturated heterocycles. The summed E-state index contributed by atoms with van der Waals surface area (Å²) in [5, 5.41) is 15.5. The normalized spacial score (nSPS) is 16.3. The Bertz CT molecular complexity index is 1400. The van der Waals surface area contributed by atoms with Crippen molar-refractivity contribution in [2.75, 3.05) is 13.7 Å². The molecule has 0 radical (unpaired) electrons. The molecule has 2 aliphatic rings. The van der Waals surface area contributed by atoms with E-state index in [9.17, 15) is 4.79 Å². The summed E-state index contributed by atoms with van der Waals surface area (Å²) in [4.78, 5) is 17.0. The van der Waals surface area contributed by atoms with Gasteiger partial charge in [0.2, 0.25) is 5.17 Å². The Morgan fingerprint density at radius 3 is 2.51 bits per heavy atom. The number of aryl methyl sites for hydroxylation is 1. The molecule has 3 aromatic rings. The van der Waals surface area contributed by atoms with Crippen LogP contribution in [0.5, 0.6) is 11.5 Å². The molecule has 35 heavy (non-hydrogen) atoms. The number of para-hydroxylation sites is 1. The van der Waals surface area contributed by atoms with Gasteiger partial charge in [-0.05, 0) is 79.7 Å². The molecular formula is C26H23N5O3S. The van der Waals surface area contributed by atoms with Crippen molar-refractivity contribution in [3.8, 4) is 17.2 Å². The number of fused-ring (bicyclic) bond motifs is 1. The highest BCUT2D eigenvalue weighted by Crippen LogP contribution is 2.30. The van der Waals surface area contributed by atoms with Crippen molar-refractivity contribution in [1.29, 1.82) is 5.41 Å². The summed E-state index contributed by atoms with van der Waals surface area (Å²) in [6.45, 7) is 4.22.